The molecule has 0 spiro atoms. The van der Waals surface area contributed by atoms with E-state index in [9.17, 15) is 0 Å². The van der Waals surface area contributed by atoms with Gasteiger partial charge in [0.1, 0.15) is 0 Å². The van der Waals surface area contributed by atoms with E-state index in [0.29, 0.717) is 5.25 Å². The average molecular weight is 206 g/mol. The molecule has 0 fully saturated rings. The van der Waals surface area contributed by atoms with Gasteiger partial charge < -0.3 is 9.47 Å². The monoisotopic (exact) mass is 206 g/mol. The van der Waals surface area contributed by atoms with Crippen molar-refractivity contribution in [1.29, 1.82) is 0 Å². The summed E-state index contributed by atoms with van der Waals surface area (Å²) in [5.41, 5.74) is 0. The summed E-state index contributed by atoms with van der Waals surface area (Å²) in [6.07, 6.45) is 2.87. The highest BCUT2D eigenvalue weighted by molar-refractivity contribution is 7.80. The molecule has 1 unspecified atom stereocenters. The second-order valence-corrected chi connectivity index (χ2v) is 4.14. The third-order valence-corrected chi connectivity index (χ3v) is 1.76. The molecule has 13 heavy (non-hydrogen) atoms. The van der Waals surface area contributed by atoms with Crippen LogP contribution in [0.4, 0.5) is 0 Å². The highest BCUT2D eigenvalue weighted by Crippen LogP contribution is 2.09. The van der Waals surface area contributed by atoms with Crippen molar-refractivity contribution in [1.82, 2.24) is 0 Å². The Kier molecular flexibility index (Phi) is 9.03. The molecule has 0 saturated carbocycles. The van der Waals surface area contributed by atoms with Crippen molar-refractivity contribution in [2.45, 2.75) is 51.6 Å². The third-order valence-electron chi connectivity index (χ3n) is 1.55. The van der Waals surface area contributed by atoms with Gasteiger partial charge in [-0.2, -0.15) is 12.6 Å². The summed E-state index contributed by atoms with van der Waals surface area (Å²) in [7, 11) is 0. The Morgan fingerprint density at radius 3 is 1.85 bits per heavy atom. The number of hydrogen-bond acceptors (Lipinski definition) is 3. The van der Waals surface area contributed by atoms with Crippen molar-refractivity contribution in [3.8, 4) is 0 Å². The Morgan fingerprint density at radius 1 is 1.08 bits per heavy atom. The first-order valence-corrected chi connectivity index (χ1v) is 5.63. The molecule has 0 bridgehead atoms. The molecule has 0 amide bonds. The van der Waals surface area contributed by atoms with E-state index >= 15 is 0 Å². The number of ether oxygens (including phenoxy) is 2. The lowest BCUT2D eigenvalue weighted by Gasteiger charge is -2.19. The van der Waals surface area contributed by atoms with Crippen molar-refractivity contribution in [3.05, 3.63) is 0 Å². The molecular formula is C10H22O2S. The molecule has 0 aliphatic rings. The first kappa shape index (κ1) is 13.3. The van der Waals surface area contributed by atoms with Gasteiger partial charge in [0.05, 0.1) is 0 Å². The van der Waals surface area contributed by atoms with Crippen molar-refractivity contribution < 1.29 is 9.47 Å². The molecular weight excluding hydrogens is 184 g/mol. The van der Waals surface area contributed by atoms with Crippen LogP contribution in [-0.4, -0.2) is 24.8 Å². The minimum Gasteiger partial charge on any atom is -0.353 e. The maximum atomic E-state index is 5.53. The molecule has 0 aromatic rings. The van der Waals surface area contributed by atoms with E-state index in [2.05, 4.69) is 33.4 Å². The van der Waals surface area contributed by atoms with Crippen LogP contribution in [0, 0.1) is 0 Å². The van der Waals surface area contributed by atoms with Gasteiger partial charge in [-0.15, -0.1) is 0 Å². The van der Waals surface area contributed by atoms with Crippen LogP contribution < -0.4 is 0 Å². The maximum Gasteiger partial charge on any atom is 0.158 e. The first-order valence-electron chi connectivity index (χ1n) is 5.12. The van der Waals surface area contributed by atoms with Crippen LogP contribution in [-0.2, 0) is 9.47 Å². The van der Waals surface area contributed by atoms with Gasteiger partial charge >= 0.3 is 0 Å². The zero-order valence-corrected chi connectivity index (χ0v) is 9.85. The predicted octanol–water partition coefficient (Wildman–Crippen LogP) is 2.87. The van der Waals surface area contributed by atoms with Crippen molar-refractivity contribution in [2.24, 2.45) is 0 Å². The Bertz CT molecular complexity index is 99.1. The Morgan fingerprint density at radius 2 is 1.54 bits per heavy atom. The van der Waals surface area contributed by atoms with E-state index in [1.807, 2.05) is 0 Å². The molecule has 0 heterocycles. The molecule has 2 nitrogen and oxygen atoms in total. The molecule has 3 heteroatoms. The summed E-state index contributed by atoms with van der Waals surface area (Å²) >= 11 is 4.32. The van der Waals surface area contributed by atoms with Crippen LogP contribution in [0.2, 0.25) is 0 Å². The third kappa shape index (κ3) is 8.60. The van der Waals surface area contributed by atoms with E-state index in [-0.39, 0.29) is 6.29 Å². The average Bonchev–Trinajstić information content (AvgIpc) is 2.09. The fourth-order valence-electron chi connectivity index (χ4n) is 0.961. The number of hydrogen-bond donors (Lipinski definition) is 1. The minimum absolute atomic E-state index is 0.0626. The number of rotatable bonds is 8. The lowest BCUT2D eigenvalue weighted by atomic mass is 10.3. The molecule has 0 aromatic heterocycles. The van der Waals surface area contributed by atoms with Crippen LogP contribution in [0.1, 0.15) is 40.0 Å². The van der Waals surface area contributed by atoms with Crippen LogP contribution in [0.5, 0.6) is 0 Å². The van der Waals surface area contributed by atoms with E-state index in [0.717, 1.165) is 32.5 Å². The molecule has 0 aliphatic heterocycles. The maximum absolute atomic E-state index is 5.53. The first-order chi connectivity index (χ1) is 6.20. The molecule has 0 aromatic carbocycles. The van der Waals surface area contributed by atoms with Crippen molar-refractivity contribution in [2.75, 3.05) is 13.2 Å². The van der Waals surface area contributed by atoms with Gasteiger partial charge in [-0.1, -0.05) is 20.8 Å². The van der Waals surface area contributed by atoms with E-state index < -0.39 is 0 Å². The summed E-state index contributed by atoms with van der Waals surface area (Å²) < 4.78 is 11.1. The molecule has 0 saturated heterocycles. The summed E-state index contributed by atoms with van der Waals surface area (Å²) in [5, 5.41) is 0.332. The topological polar surface area (TPSA) is 18.5 Å². The molecule has 80 valence electrons. The highest BCUT2D eigenvalue weighted by atomic mass is 32.1. The summed E-state index contributed by atoms with van der Waals surface area (Å²) in [6.45, 7) is 7.80. The second-order valence-electron chi connectivity index (χ2n) is 3.26. The Labute approximate surface area is 87.4 Å². The van der Waals surface area contributed by atoms with Crippen LogP contribution in [0.15, 0.2) is 0 Å². The van der Waals surface area contributed by atoms with E-state index in [1.165, 1.54) is 0 Å². The lowest BCUT2D eigenvalue weighted by molar-refractivity contribution is -0.145. The molecule has 0 N–H and O–H groups in total. The van der Waals surface area contributed by atoms with Crippen LogP contribution in [0.3, 0.4) is 0 Å². The van der Waals surface area contributed by atoms with Crippen molar-refractivity contribution in [3.63, 3.8) is 0 Å². The fraction of sp³-hybridized carbons (Fsp3) is 1.00. The molecule has 1 atom stereocenters. The second kappa shape index (κ2) is 8.85. The highest BCUT2D eigenvalue weighted by Gasteiger charge is 2.10. The SMILES string of the molecule is CCCOC(CC(C)S)OCCC. The predicted molar refractivity (Wildman–Crippen MR) is 59.3 cm³/mol. The van der Waals surface area contributed by atoms with Gasteiger partial charge in [-0.25, -0.2) is 0 Å². The Balaban J connectivity index is 3.60. The normalized spacial score (nSPS) is 13.6. The van der Waals surface area contributed by atoms with E-state index in [1.54, 1.807) is 0 Å². The summed E-state index contributed by atoms with van der Waals surface area (Å²) in [4.78, 5) is 0. The van der Waals surface area contributed by atoms with Crippen LogP contribution in [0.25, 0.3) is 0 Å². The fourth-order valence-corrected chi connectivity index (χ4v) is 1.13. The zero-order valence-electron chi connectivity index (χ0n) is 8.95. The minimum atomic E-state index is -0.0626. The van der Waals surface area contributed by atoms with Gasteiger partial charge in [-0.05, 0) is 12.8 Å². The van der Waals surface area contributed by atoms with Crippen molar-refractivity contribution >= 4 is 12.6 Å². The standard InChI is InChI=1S/C10H22O2S/c1-4-6-11-10(8-9(3)13)12-7-5-2/h9-10,13H,4-8H2,1-3H3. The molecule has 0 radical (unpaired) electrons. The zero-order chi connectivity index (χ0) is 10.1. The summed E-state index contributed by atoms with van der Waals surface area (Å²) in [5.74, 6) is 0. The van der Waals surface area contributed by atoms with E-state index in [4.69, 9.17) is 9.47 Å². The van der Waals surface area contributed by atoms with Gasteiger partial charge in [0, 0.05) is 24.9 Å². The molecule has 0 rings (SSSR count). The van der Waals surface area contributed by atoms with Gasteiger partial charge in [0.15, 0.2) is 6.29 Å². The van der Waals surface area contributed by atoms with Gasteiger partial charge in [0.25, 0.3) is 0 Å². The quantitative estimate of drug-likeness (QED) is 0.486. The number of thiol groups is 1. The van der Waals surface area contributed by atoms with Gasteiger partial charge in [0.2, 0.25) is 0 Å². The Hall–Kier alpha value is 0.270. The van der Waals surface area contributed by atoms with Gasteiger partial charge in [-0.3, -0.25) is 0 Å². The van der Waals surface area contributed by atoms with Crippen LogP contribution >= 0.6 is 12.6 Å². The largest absolute Gasteiger partial charge is 0.353 e. The summed E-state index contributed by atoms with van der Waals surface area (Å²) in [6, 6.07) is 0. The lowest BCUT2D eigenvalue weighted by Crippen LogP contribution is -2.21. The molecule has 0 aliphatic carbocycles. The smallest absolute Gasteiger partial charge is 0.158 e.